The first-order valence-electron chi connectivity index (χ1n) is 6.46. The number of rotatable bonds is 6. The van der Waals surface area contributed by atoms with Gasteiger partial charge in [-0.25, -0.2) is 0 Å². The lowest BCUT2D eigenvalue weighted by molar-refractivity contribution is 0.0932. The summed E-state index contributed by atoms with van der Waals surface area (Å²) < 4.78 is 5.45. The van der Waals surface area contributed by atoms with Crippen molar-refractivity contribution in [3.8, 4) is 5.75 Å². The predicted molar refractivity (Wildman–Crippen MR) is 73.9 cm³/mol. The van der Waals surface area contributed by atoms with Crippen LogP contribution >= 0.6 is 0 Å². The lowest BCUT2D eigenvalue weighted by atomic mass is 10.1. The summed E-state index contributed by atoms with van der Waals surface area (Å²) in [4.78, 5) is 12.2. The van der Waals surface area contributed by atoms with Crippen molar-refractivity contribution in [3.63, 3.8) is 0 Å². The van der Waals surface area contributed by atoms with Crippen molar-refractivity contribution < 1.29 is 9.53 Å². The molecule has 0 heterocycles. The van der Waals surface area contributed by atoms with Crippen molar-refractivity contribution in [2.75, 3.05) is 12.3 Å². The van der Waals surface area contributed by atoms with E-state index >= 15 is 0 Å². The quantitative estimate of drug-likeness (QED) is 0.763. The largest absolute Gasteiger partial charge is 0.493 e. The number of nitrogen functional groups attached to an aromatic ring is 1. The number of benzene rings is 1. The van der Waals surface area contributed by atoms with Crippen LogP contribution in [0.4, 0.5) is 5.69 Å². The molecule has 0 aromatic heterocycles. The standard InChI is InChI=1S/C14H22N2O2/c1-4-10(5-2)16-14(17)13-11(15)8-7-9-12(13)18-6-3/h7-10H,4-6,15H2,1-3H3,(H,16,17). The number of amides is 1. The first-order valence-corrected chi connectivity index (χ1v) is 6.46. The highest BCUT2D eigenvalue weighted by atomic mass is 16.5. The summed E-state index contributed by atoms with van der Waals surface area (Å²) in [5, 5.41) is 2.97. The highest BCUT2D eigenvalue weighted by Gasteiger charge is 2.18. The van der Waals surface area contributed by atoms with E-state index in [0.29, 0.717) is 23.6 Å². The van der Waals surface area contributed by atoms with Gasteiger partial charge in [-0.1, -0.05) is 19.9 Å². The third-order valence-electron chi connectivity index (χ3n) is 2.91. The minimum atomic E-state index is -0.162. The van der Waals surface area contributed by atoms with Crippen molar-refractivity contribution in [1.82, 2.24) is 5.32 Å². The fourth-order valence-electron chi connectivity index (χ4n) is 1.82. The Hall–Kier alpha value is -1.71. The summed E-state index contributed by atoms with van der Waals surface area (Å²) in [7, 11) is 0. The van der Waals surface area contributed by atoms with E-state index in [0.717, 1.165) is 12.8 Å². The second-order valence-electron chi connectivity index (χ2n) is 4.14. The van der Waals surface area contributed by atoms with Gasteiger partial charge in [-0.15, -0.1) is 0 Å². The number of nitrogens with one attached hydrogen (secondary N) is 1. The molecule has 0 spiro atoms. The molecule has 1 amide bonds. The molecule has 3 N–H and O–H groups in total. The highest BCUT2D eigenvalue weighted by molar-refractivity contribution is 6.02. The summed E-state index contributed by atoms with van der Waals surface area (Å²) in [5.74, 6) is 0.381. The molecule has 1 rings (SSSR count). The van der Waals surface area contributed by atoms with Gasteiger partial charge in [-0.3, -0.25) is 4.79 Å². The van der Waals surface area contributed by atoms with Crippen molar-refractivity contribution in [2.24, 2.45) is 0 Å². The first kappa shape index (κ1) is 14.4. The zero-order chi connectivity index (χ0) is 13.5. The van der Waals surface area contributed by atoms with Crippen molar-refractivity contribution in [1.29, 1.82) is 0 Å². The number of ether oxygens (including phenoxy) is 1. The fourth-order valence-corrected chi connectivity index (χ4v) is 1.82. The Labute approximate surface area is 109 Å². The summed E-state index contributed by atoms with van der Waals surface area (Å²) in [5.41, 5.74) is 6.76. The van der Waals surface area contributed by atoms with Gasteiger partial charge in [0.15, 0.2) is 0 Å². The molecule has 0 aliphatic carbocycles. The molecule has 1 aromatic rings. The molecule has 0 atom stereocenters. The Kier molecular flexibility index (Phi) is 5.49. The lowest BCUT2D eigenvalue weighted by Crippen LogP contribution is -2.34. The molecular formula is C14H22N2O2. The molecule has 0 radical (unpaired) electrons. The minimum absolute atomic E-state index is 0.162. The Morgan fingerprint density at radius 1 is 1.33 bits per heavy atom. The lowest BCUT2D eigenvalue weighted by Gasteiger charge is -2.17. The van der Waals surface area contributed by atoms with Crippen LogP contribution < -0.4 is 15.8 Å². The van der Waals surface area contributed by atoms with Crippen LogP contribution in [0.2, 0.25) is 0 Å². The maximum atomic E-state index is 12.2. The maximum Gasteiger partial charge on any atom is 0.257 e. The zero-order valence-corrected chi connectivity index (χ0v) is 11.3. The van der Waals surface area contributed by atoms with E-state index in [4.69, 9.17) is 10.5 Å². The molecular weight excluding hydrogens is 228 g/mol. The van der Waals surface area contributed by atoms with Crippen LogP contribution in [0, 0.1) is 0 Å². The summed E-state index contributed by atoms with van der Waals surface area (Å²) in [6.07, 6.45) is 1.80. The molecule has 0 bridgehead atoms. The van der Waals surface area contributed by atoms with Gasteiger partial charge in [0.25, 0.3) is 5.91 Å². The van der Waals surface area contributed by atoms with E-state index in [1.54, 1.807) is 18.2 Å². The number of hydrogen-bond donors (Lipinski definition) is 2. The van der Waals surface area contributed by atoms with E-state index in [9.17, 15) is 4.79 Å². The Balaban J connectivity index is 2.96. The summed E-state index contributed by atoms with van der Waals surface area (Å²) >= 11 is 0. The Morgan fingerprint density at radius 2 is 2.00 bits per heavy atom. The van der Waals surface area contributed by atoms with Crippen molar-refractivity contribution >= 4 is 11.6 Å². The molecule has 0 saturated carbocycles. The Bertz CT molecular complexity index is 401. The van der Waals surface area contributed by atoms with Crippen LogP contribution in [0.3, 0.4) is 0 Å². The summed E-state index contributed by atoms with van der Waals surface area (Å²) in [6.45, 7) is 6.49. The monoisotopic (exact) mass is 250 g/mol. The molecule has 4 nitrogen and oxygen atoms in total. The van der Waals surface area contributed by atoms with Crippen LogP contribution in [0.25, 0.3) is 0 Å². The van der Waals surface area contributed by atoms with Crippen molar-refractivity contribution in [3.05, 3.63) is 23.8 Å². The van der Waals surface area contributed by atoms with E-state index in [1.165, 1.54) is 0 Å². The second kappa shape index (κ2) is 6.89. The molecule has 18 heavy (non-hydrogen) atoms. The molecule has 0 aliphatic rings. The van der Waals surface area contributed by atoms with Crippen LogP contribution in [0.5, 0.6) is 5.75 Å². The van der Waals surface area contributed by atoms with Crippen molar-refractivity contribution in [2.45, 2.75) is 39.7 Å². The molecule has 0 aliphatic heterocycles. The van der Waals surface area contributed by atoms with Gasteiger partial charge in [0, 0.05) is 11.7 Å². The minimum Gasteiger partial charge on any atom is -0.493 e. The number of anilines is 1. The van der Waals surface area contributed by atoms with E-state index in [1.807, 2.05) is 20.8 Å². The predicted octanol–water partition coefficient (Wildman–Crippen LogP) is 2.59. The zero-order valence-electron chi connectivity index (χ0n) is 11.3. The number of carbonyl (C=O) groups is 1. The van der Waals surface area contributed by atoms with Crippen LogP contribution in [-0.2, 0) is 0 Å². The van der Waals surface area contributed by atoms with Crippen LogP contribution in [-0.4, -0.2) is 18.6 Å². The number of hydrogen-bond acceptors (Lipinski definition) is 3. The fraction of sp³-hybridized carbons (Fsp3) is 0.500. The number of carbonyl (C=O) groups excluding carboxylic acids is 1. The third kappa shape index (κ3) is 3.39. The van der Waals surface area contributed by atoms with Gasteiger partial charge in [-0.2, -0.15) is 0 Å². The third-order valence-corrected chi connectivity index (χ3v) is 2.91. The van der Waals surface area contributed by atoms with Gasteiger partial charge in [0.2, 0.25) is 0 Å². The van der Waals surface area contributed by atoms with Crippen LogP contribution in [0.15, 0.2) is 18.2 Å². The van der Waals surface area contributed by atoms with Gasteiger partial charge in [0.1, 0.15) is 11.3 Å². The Morgan fingerprint density at radius 3 is 2.56 bits per heavy atom. The van der Waals surface area contributed by atoms with E-state index < -0.39 is 0 Å². The topological polar surface area (TPSA) is 64.3 Å². The molecule has 0 unspecified atom stereocenters. The van der Waals surface area contributed by atoms with Gasteiger partial charge >= 0.3 is 0 Å². The molecule has 0 fully saturated rings. The first-order chi connectivity index (χ1) is 8.63. The molecule has 0 saturated heterocycles. The second-order valence-corrected chi connectivity index (χ2v) is 4.14. The average molecular weight is 250 g/mol. The normalized spacial score (nSPS) is 10.4. The van der Waals surface area contributed by atoms with Gasteiger partial charge in [0.05, 0.1) is 6.61 Å². The molecule has 4 heteroatoms. The molecule has 100 valence electrons. The SMILES string of the molecule is CCOc1cccc(N)c1C(=O)NC(CC)CC. The average Bonchev–Trinajstić information content (AvgIpc) is 2.36. The molecule has 1 aromatic carbocycles. The smallest absolute Gasteiger partial charge is 0.257 e. The maximum absolute atomic E-state index is 12.2. The van der Waals surface area contributed by atoms with Gasteiger partial charge in [-0.05, 0) is 31.9 Å². The van der Waals surface area contributed by atoms with Crippen LogP contribution in [0.1, 0.15) is 44.0 Å². The summed E-state index contributed by atoms with van der Waals surface area (Å²) in [6, 6.07) is 5.44. The van der Waals surface area contributed by atoms with Gasteiger partial charge < -0.3 is 15.8 Å². The number of nitrogens with two attached hydrogens (primary N) is 1. The van der Waals surface area contributed by atoms with E-state index in [-0.39, 0.29) is 11.9 Å². The van der Waals surface area contributed by atoms with E-state index in [2.05, 4.69) is 5.32 Å². The highest BCUT2D eigenvalue weighted by Crippen LogP contribution is 2.24.